The Bertz CT molecular complexity index is 884. The first kappa shape index (κ1) is 15.6. The zero-order chi connectivity index (χ0) is 16.5. The number of thiazole rings is 1. The number of aromatic nitrogens is 3. The highest BCUT2D eigenvalue weighted by molar-refractivity contribution is 7.09. The Morgan fingerprint density at radius 2 is 2.29 bits per heavy atom. The van der Waals surface area contributed by atoms with Crippen molar-refractivity contribution in [2.45, 2.75) is 38.3 Å². The number of halogens is 1. The fourth-order valence-electron chi connectivity index (χ4n) is 2.65. The predicted octanol–water partition coefficient (Wildman–Crippen LogP) is 3.73. The van der Waals surface area contributed by atoms with Gasteiger partial charge in [0.05, 0.1) is 40.5 Å². The lowest BCUT2D eigenvalue weighted by Gasteiger charge is -2.05. The topological polar surface area (TPSA) is 59.8 Å². The van der Waals surface area contributed by atoms with Crippen LogP contribution in [0.15, 0.2) is 29.8 Å². The number of fused-ring (bicyclic) bond motifs is 1. The van der Waals surface area contributed by atoms with E-state index in [2.05, 4.69) is 15.4 Å². The van der Waals surface area contributed by atoms with E-state index >= 15 is 0 Å². The molecule has 0 atom stereocenters. The number of carbonyl (C=O) groups is 1. The van der Waals surface area contributed by atoms with Gasteiger partial charge in [-0.2, -0.15) is 5.10 Å². The maximum absolute atomic E-state index is 12.1. The molecule has 7 heteroatoms. The minimum absolute atomic E-state index is 0.00153. The molecule has 2 aromatic heterocycles. The van der Waals surface area contributed by atoms with Crippen LogP contribution >= 0.6 is 22.9 Å². The van der Waals surface area contributed by atoms with E-state index in [-0.39, 0.29) is 5.91 Å². The van der Waals surface area contributed by atoms with E-state index in [4.69, 9.17) is 11.6 Å². The molecular formula is C17H17ClN4OS. The van der Waals surface area contributed by atoms with Crippen molar-refractivity contribution in [2.75, 3.05) is 0 Å². The fourth-order valence-corrected chi connectivity index (χ4v) is 3.86. The second-order valence-corrected chi connectivity index (χ2v) is 7.32. The summed E-state index contributed by atoms with van der Waals surface area (Å²) in [5.41, 5.74) is 1.90. The summed E-state index contributed by atoms with van der Waals surface area (Å²) in [6.07, 6.45) is 4.62. The Kier molecular flexibility index (Phi) is 4.24. The van der Waals surface area contributed by atoms with Gasteiger partial charge < -0.3 is 5.32 Å². The van der Waals surface area contributed by atoms with E-state index < -0.39 is 0 Å². The number of carbonyl (C=O) groups excluding carboxylic acids is 1. The van der Waals surface area contributed by atoms with E-state index in [1.54, 1.807) is 17.5 Å². The van der Waals surface area contributed by atoms with Gasteiger partial charge in [-0.05, 0) is 25.0 Å². The Morgan fingerprint density at radius 1 is 1.42 bits per heavy atom. The molecule has 0 spiro atoms. The second kappa shape index (κ2) is 6.53. The van der Waals surface area contributed by atoms with Gasteiger partial charge in [0.1, 0.15) is 0 Å². The highest BCUT2D eigenvalue weighted by Gasteiger charge is 2.26. The summed E-state index contributed by atoms with van der Waals surface area (Å²) in [6, 6.07) is 5.69. The molecule has 3 aromatic rings. The molecule has 0 saturated heterocycles. The first-order valence-corrected chi connectivity index (χ1v) is 9.27. The van der Waals surface area contributed by atoms with Gasteiger partial charge in [0, 0.05) is 23.1 Å². The number of amides is 1. The third-order valence-electron chi connectivity index (χ3n) is 4.15. The summed E-state index contributed by atoms with van der Waals surface area (Å²) in [6.45, 7) is 1.02. The quantitative estimate of drug-likeness (QED) is 0.728. The van der Waals surface area contributed by atoms with Gasteiger partial charge in [0.25, 0.3) is 0 Å². The SMILES string of the molecule is O=C(CCn1ncc2c(Cl)cccc21)NCc1csc(C2CC2)n1. The molecule has 24 heavy (non-hydrogen) atoms. The minimum atomic E-state index is 0.00153. The lowest BCUT2D eigenvalue weighted by atomic mass is 10.2. The van der Waals surface area contributed by atoms with E-state index in [9.17, 15) is 4.79 Å². The molecule has 0 bridgehead atoms. The Labute approximate surface area is 148 Å². The zero-order valence-corrected chi connectivity index (χ0v) is 14.6. The number of benzene rings is 1. The summed E-state index contributed by atoms with van der Waals surface area (Å²) in [5, 5.41) is 12.1. The molecule has 5 nitrogen and oxygen atoms in total. The molecule has 2 heterocycles. The van der Waals surface area contributed by atoms with E-state index in [1.807, 2.05) is 28.3 Å². The number of nitrogens with zero attached hydrogens (tertiary/aromatic N) is 3. The monoisotopic (exact) mass is 360 g/mol. The van der Waals surface area contributed by atoms with Crippen molar-refractivity contribution in [1.82, 2.24) is 20.1 Å². The smallest absolute Gasteiger partial charge is 0.222 e. The van der Waals surface area contributed by atoms with Crippen LogP contribution < -0.4 is 5.32 Å². The summed E-state index contributed by atoms with van der Waals surface area (Å²) < 4.78 is 1.81. The van der Waals surface area contributed by atoms with Gasteiger partial charge in [-0.25, -0.2) is 4.98 Å². The molecule has 1 aromatic carbocycles. The van der Waals surface area contributed by atoms with Gasteiger partial charge >= 0.3 is 0 Å². The van der Waals surface area contributed by atoms with Crippen molar-refractivity contribution >= 4 is 39.7 Å². The molecule has 1 amide bonds. The fraction of sp³-hybridized carbons (Fsp3) is 0.353. The average Bonchev–Trinajstić information content (AvgIpc) is 3.17. The standard InChI is InChI=1S/C17H17ClN4OS/c18-14-2-1-3-15-13(14)9-20-22(15)7-6-16(23)19-8-12-10-24-17(21-12)11-4-5-11/h1-3,9-11H,4-8H2,(H,19,23). The average molecular weight is 361 g/mol. The first-order valence-electron chi connectivity index (χ1n) is 8.02. The van der Waals surface area contributed by atoms with Gasteiger partial charge in [-0.3, -0.25) is 9.48 Å². The Hall–Kier alpha value is -1.92. The zero-order valence-electron chi connectivity index (χ0n) is 13.0. The number of nitrogens with one attached hydrogen (secondary N) is 1. The van der Waals surface area contributed by atoms with Crippen molar-refractivity contribution in [3.63, 3.8) is 0 Å². The molecule has 4 rings (SSSR count). The summed E-state index contributed by atoms with van der Waals surface area (Å²) in [4.78, 5) is 16.6. The summed E-state index contributed by atoms with van der Waals surface area (Å²) in [7, 11) is 0. The second-order valence-electron chi connectivity index (χ2n) is 6.02. The van der Waals surface area contributed by atoms with Crippen LogP contribution in [0.25, 0.3) is 10.9 Å². The number of hydrogen-bond donors (Lipinski definition) is 1. The van der Waals surface area contributed by atoms with E-state index in [0.717, 1.165) is 16.6 Å². The van der Waals surface area contributed by atoms with Crippen molar-refractivity contribution in [3.8, 4) is 0 Å². The van der Waals surface area contributed by atoms with Crippen molar-refractivity contribution in [1.29, 1.82) is 0 Å². The predicted molar refractivity (Wildman–Crippen MR) is 95.3 cm³/mol. The minimum Gasteiger partial charge on any atom is -0.350 e. The molecule has 1 N–H and O–H groups in total. The Morgan fingerprint density at radius 3 is 3.12 bits per heavy atom. The molecule has 0 aliphatic heterocycles. The number of hydrogen-bond acceptors (Lipinski definition) is 4. The van der Waals surface area contributed by atoms with Crippen LogP contribution in [-0.2, 0) is 17.9 Å². The third-order valence-corrected chi connectivity index (χ3v) is 5.53. The highest BCUT2D eigenvalue weighted by atomic mass is 35.5. The van der Waals surface area contributed by atoms with Crippen LogP contribution in [-0.4, -0.2) is 20.7 Å². The lowest BCUT2D eigenvalue weighted by molar-refractivity contribution is -0.121. The lowest BCUT2D eigenvalue weighted by Crippen LogP contribution is -2.24. The maximum Gasteiger partial charge on any atom is 0.222 e. The van der Waals surface area contributed by atoms with Crippen LogP contribution in [0.2, 0.25) is 5.02 Å². The van der Waals surface area contributed by atoms with Gasteiger partial charge in [-0.1, -0.05) is 17.7 Å². The van der Waals surface area contributed by atoms with Crippen molar-refractivity contribution in [2.24, 2.45) is 0 Å². The summed E-state index contributed by atoms with van der Waals surface area (Å²) >= 11 is 7.84. The normalized spacial score (nSPS) is 14.2. The molecule has 1 saturated carbocycles. The maximum atomic E-state index is 12.1. The molecule has 0 radical (unpaired) electrons. The Balaban J connectivity index is 1.31. The number of rotatable bonds is 6. The molecule has 1 fully saturated rings. The number of aryl methyl sites for hydroxylation is 1. The van der Waals surface area contributed by atoms with Crippen LogP contribution in [0, 0.1) is 0 Å². The molecule has 124 valence electrons. The van der Waals surface area contributed by atoms with Gasteiger partial charge in [0.15, 0.2) is 0 Å². The van der Waals surface area contributed by atoms with Gasteiger partial charge in [-0.15, -0.1) is 11.3 Å². The molecule has 0 unspecified atom stereocenters. The van der Waals surface area contributed by atoms with Gasteiger partial charge in [0.2, 0.25) is 5.91 Å². The van der Waals surface area contributed by atoms with E-state index in [0.29, 0.717) is 30.5 Å². The molecular weight excluding hydrogens is 344 g/mol. The van der Waals surface area contributed by atoms with Crippen molar-refractivity contribution < 1.29 is 4.79 Å². The van der Waals surface area contributed by atoms with Crippen LogP contribution in [0.1, 0.15) is 35.9 Å². The van der Waals surface area contributed by atoms with Crippen molar-refractivity contribution in [3.05, 3.63) is 45.5 Å². The van der Waals surface area contributed by atoms with Crippen LogP contribution in [0.5, 0.6) is 0 Å². The van der Waals surface area contributed by atoms with E-state index in [1.165, 1.54) is 17.8 Å². The highest BCUT2D eigenvalue weighted by Crippen LogP contribution is 2.41. The largest absolute Gasteiger partial charge is 0.350 e. The molecule has 1 aliphatic rings. The first-order chi connectivity index (χ1) is 11.7. The van der Waals surface area contributed by atoms with Crippen LogP contribution in [0.3, 0.4) is 0 Å². The van der Waals surface area contributed by atoms with Crippen LogP contribution in [0.4, 0.5) is 0 Å². The molecule has 1 aliphatic carbocycles. The summed E-state index contributed by atoms with van der Waals surface area (Å²) in [5.74, 6) is 0.668. The third kappa shape index (κ3) is 3.30.